The SMILES string of the molecule is CC1(NC(=O)O)CC1.Clc1cnn2ccnc(Nc3ccn[nH]3)c12.FC1CCOC1. The average molecular weight is 440 g/mol. The van der Waals surface area contributed by atoms with Crippen molar-refractivity contribution < 1.29 is 19.0 Å². The number of hydrogen-bond donors (Lipinski definition) is 4. The molecule has 0 aromatic carbocycles. The van der Waals surface area contributed by atoms with E-state index in [0.29, 0.717) is 30.5 Å². The van der Waals surface area contributed by atoms with Gasteiger partial charge in [0.05, 0.1) is 24.0 Å². The fourth-order valence-corrected chi connectivity index (χ4v) is 2.75. The van der Waals surface area contributed by atoms with E-state index in [1.165, 1.54) is 0 Å². The Bertz CT molecular complexity index is 956. The molecule has 2 fully saturated rings. The highest BCUT2D eigenvalue weighted by Crippen LogP contribution is 2.33. The third kappa shape index (κ3) is 6.29. The van der Waals surface area contributed by atoms with Crippen LogP contribution in [0.1, 0.15) is 26.2 Å². The second kappa shape index (κ2) is 9.72. The van der Waals surface area contributed by atoms with Crippen molar-refractivity contribution in [3.8, 4) is 0 Å². The topological polar surface area (TPSA) is 129 Å². The van der Waals surface area contributed by atoms with Crippen molar-refractivity contribution in [3.63, 3.8) is 0 Å². The van der Waals surface area contributed by atoms with E-state index in [4.69, 9.17) is 16.7 Å². The summed E-state index contributed by atoms with van der Waals surface area (Å²) in [4.78, 5) is 14.2. The Hall–Kier alpha value is -2.92. The minimum atomic E-state index is -0.912. The third-order valence-electron chi connectivity index (χ3n) is 4.42. The molecule has 10 nitrogen and oxygen atoms in total. The number of rotatable bonds is 3. The summed E-state index contributed by atoms with van der Waals surface area (Å²) in [5.41, 5.74) is 0.657. The summed E-state index contributed by atoms with van der Waals surface area (Å²) in [6, 6.07) is 1.80. The van der Waals surface area contributed by atoms with Crippen molar-refractivity contribution in [2.45, 2.75) is 37.9 Å². The quantitative estimate of drug-likeness (QED) is 0.492. The molecule has 5 rings (SSSR count). The monoisotopic (exact) mass is 439 g/mol. The molecule has 3 aromatic rings. The molecule has 2 aliphatic rings. The summed E-state index contributed by atoms with van der Waals surface area (Å²) in [5.74, 6) is 1.38. The number of H-pyrrole nitrogens is 1. The number of fused-ring (bicyclic) bond motifs is 1. The first-order valence-electron chi connectivity index (χ1n) is 9.33. The van der Waals surface area contributed by atoms with E-state index in [-0.39, 0.29) is 5.54 Å². The van der Waals surface area contributed by atoms with Gasteiger partial charge in [0.2, 0.25) is 0 Å². The number of nitrogens with zero attached hydrogens (tertiary/aromatic N) is 4. The van der Waals surface area contributed by atoms with Crippen LogP contribution in [-0.4, -0.2) is 60.9 Å². The average Bonchev–Trinajstić information content (AvgIpc) is 3.14. The van der Waals surface area contributed by atoms with Crippen molar-refractivity contribution >= 4 is 34.8 Å². The smallest absolute Gasteiger partial charge is 0.405 e. The first-order chi connectivity index (χ1) is 14.4. The van der Waals surface area contributed by atoms with E-state index in [0.717, 1.165) is 24.2 Å². The Morgan fingerprint density at radius 3 is 2.77 bits per heavy atom. The number of aromatic nitrogens is 5. The van der Waals surface area contributed by atoms with Crippen LogP contribution < -0.4 is 10.6 Å². The lowest BCUT2D eigenvalue weighted by Crippen LogP contribution is -2.32. The maximum absolute atomic E-state index is 11.8. The molecule has 1 aliphatic carbocycles. The molecule has 3 aromatic heterocycles. The van der Waals surface area contributed by atoms with E-state index in [1.807, 2.05) is 6.92 Å². The number of amides is 1. The molecule has 30 heavy (non-hydrogen) atoms. The Balaban J connectivity index is 0.000000152. The highest BCUT2D eigenvalue weighted by molar-refractivity contribution is 6.34. The van der Waals surface area contributed by atoms with Crippen LogP contribution in [0.2, 0.25) is 5.02 Å². The van der Waals surface area contributed by atoms with Gasteiger partial charge >= 0.3 is 6.09 Å². The van der Waals surface area contributed by atoms with Crippen LogP contribution in [0.3, 0.4) is 0 Å². The Labute approximate surface area is 176 Å². The van der Waals surface area contributed by atoms with Crippen LogP contribution in [0, 0.1) is 0 Å². The lowest BCUT2D eigenvalue weighted by atomic mass is 10.3. The van der Waals surface area contributed by atoms with E-state index < -0.39 is 12.3 Å². The first kappa shape index (κ1) is 21.8. The van der Waals surface area contributed by atoms with Gasteiger partial charge in [0.1, 0.15) is 17.5 Å². The Morgan fingerprint density at radius 2 is 2.27 bits per heavy atom. The Morgan fingerprint density at radius 1 is 1.47 bits per heavy atom. The summed E-state index contributed by atoms with van der Waals surface area (Å²) >= 11 is 6.03. The zero-order chi connectivity index (χ0) is 21.6. The van der Waals surface area contributed by atoms with Gasteiger partial charge in [-0.15, -0.1) is 0 Å². The van der Waals surface area contributed by atoms with Crippen LogP contribution in [0.4, 0.5) is 20.8 Å². The summed E-state index contributed by atoms with van der Waals surface area (Å²) < 4.78 is 18.1. The summed E-state index contributed by atoms with van der Waals surface area (Å²) in [6.07, 6.45) is 7.60. The third-order valence-corrected chi connectivity index (χ3v) is 4.70. The van der Waals surface area contributed by atoms with Gasteiger partial charge in [-0.2, -0.15) is 10.2 Å². The molecular formula is C18H23ClFN7O3. The fourth-order valence-electron chi connectivity index (χ4n) is 2.53. The number of alkyl halides is 1. The summed E-state index contributed by atoms with van der Waals surface area (Å²) in [7, 11) is 0. The first-order valence-corrected chi connectivity index (χ1v) is 9.71. The second-order valence-electron chi connectivity index (χ2n) is 7.11. The zero-order valence-electron chi connectivity index (χ0n) is 16.3. The van der Waals surface area contributed by atoms with Gasteiger partial charge < -0.3 is 20.5 Å². The molecule has 1 saturated carbocycles. The standard InChI is InChI=1S/C9H7ClN6.C5H9NO2.C4H7FO/c10-6-5-13-16-4-3-11-9(8(6)16)14-7-1-2-12-15-7;1-5(2-3-5)6-4(7)8;5-4-1-2-6-3-4/h1-5H,(H2,11,12,14,15);6H,2-3H2,1H3,(H,7,8);4H,1-3H2. The minimum absolute atomic E-state index is 0.0775. The number of hydrogen-bond acceptors (Lipinski definition) is 6. The van der Waals surface area contributed by atoms with Crippen LogP contribution in [0.15, 0.2) is 30.9 Å². The number of nitrogens with one attached hydrogen (secondary N) is 3. The largest absolute Gasteiger partial charge is 0.465 e. The molecule has 162 valence electrons. The molecular weight excluding hydrogens is 417 g/mol. The van der Waals surface area contributed by atoms with Crippen molar-refractivity contribution in [3.05, 3.63) is 35.9 Å². The molecule has 12 heteroatoms. The molecule has 1 saturated heterocycles. The molecule has 1 amide bonds. The number of halogens is 2. The maximum Gasteiger partial charge on any atom is 0.405 e. The predicted molar refractivity (Wildman–Crippen MR) is 109 cm³/mol. The van der Waals surface area contributed by atoms with Gasteiger partial charge in [-0.3, -0.25) is 5.10 Å². The van der Waals surface area contributed by atoms with Gasteiger partial charge in [0.15, 0.2) is 5.82 Å². The van der Waals surface area contributed by atoms with E-state index in [9.17, 15) is 9.18 Å². The molecule has 0 radical (unpaired) electrons. The van der Waals surface area contributed by atoms with Crippen LogP contribution >= 0.6 is 11.6 Å². The lowest BCUT2D eigenvalue weighted by molar-refractivity contribution is 0.173. The predicted octanol–water partition coefficient (Wildman–Crippen LogP) is 3.40. The Kier molecular flexibility index (Phi) is 7.06. The van der Waals surface area contributed by atoms with Crippen LogP contribution in [0.25, 0.3) is 5.52 Å². The zero-order valence-corrected chi connectivity index (χ0v) is 17.1. The molecule has 1 atom stereocenters. The van der Waals surface area contributed by atoms with Gasteiger partial charge in [0.25, 0.3) is 0 Å². The number of aromatic amines is 1. The van der Waals surface area contributed by atoms with Crippen molar-refractivity contribution in [2.24, 2.45) is 0 Å². The van der Waals surface area contributed by atoms with Crippen LogP contribution in [-0.2, 0) is 4.74 Å². The van der Waals surface area contributed by atoms with Crippen molar-refractivity contribution in [1.29, 1.82) is 0 Å². The van der Waals surface area contributed by atoms with Gasteiger partial charge in [0, 0.05) is 37.0 Å². The van der Waals surface area contributed by atoms with E-state index >= 15 is 0 Å². The number of anilines is 2. The second-order valence-corrected chi connectivity index (χ2v) is 7.52. The molecule has 1 aliphatic heterocycles. The van der Waals surface area contributed by atoms with Gasteiger partial charge in [-0.05, 0) is 19.8 Å². The van der Waals surface area contributed by atoms with Crippen molar-refractivity contribution in [2.75, 3.05) is 18.5 Å². The highest BCUT2D eigenvalue weighted by Gasteiger charge is 2.38. The van der Waals surface area contributed by atoms with E-state index in [1.54, 1.807) is 35.4 Å². The molecule has 0 bridgehead atoms. The summed E-state index contributed by atoms with van der Waals surface area (Å²) in [6.45, 7) is 2.84. The molecule has 1 unspecified atom stereocenters. The van der Waals surface area contributed by atoms with Crippen LogP contribution in [0.5, 0.6) is 0 Å². The molecule has 4 heterocycles. The summed E-state index contributed by atoms with van der Waals surface area (Å²) in [5, 5.41) is 24.9. The molecule has 4 N–H and O–H groups in total. The fraction of sp³-hybridized carbons (Fsp3) is 0.444. The van der Waals surface area contributed by atoms with Gasteiger partial charge in [-0.25, -0.2) is 18.7 Å². The van der Waals surface area contributed by atoms with Gasteiger partial charge in [-0.1, -0.05) is 11.6 Å². The molecule has 0 spiro atoms. The normalized spacial score (nSPS) is 18.6. The lowest BCUT2D eigenvalue weighted by Gasteiger charge is -2.04. The number of carboxylic acid groups (broad SMARTS) is 1. The number of ether oxygens (including phenoxy) is 1. The van der Waals surface area contributed by atoms with E-state index in [2.05, 4.69) is 35.7 Å². The van der Waals surface area contributed by atoms with Crippen molar-refractivity contribution in [1.82, 2.24) is 30.1 Å². The highest BCUT2D eigenvalue weighted by atomic mass is 35.5. The number of carbonyl (C=O) groups is 1. The maximum atomic E-state index is 11.8. The minimum Gasteiger partial charge on any atom is -0.465 e.